The maximum atomic E-state index is 9.50. The first kappa shape index (κ1) is 15.7. The number of hydrogen-bond acceptors (Lipinski definition) is 5. The van der Waals surface area contributed by atoms with Gasteiger partial charge in [-0.05, 0) is 45.2 Å². The molecule has 0 aliphatic carbocycles. The number of anilines is 1. The summed E-state index contributed by atoms with van der Waals surface area (Å²) in [4.78, 5) is 2.24. The van der Waals surface area contributed by atoms with Gasteiger partial charge in [0.25, 0.3) is 0 Å². The number of unbranched alkanes of at least 4 members (excludes halogenated alkanes) is 1. The van der Waals surface area contributed by atoms with E-state index in [1.165, 1.54) is 12.8 Å². The summed E-state index contributed by atoms with van der Waals surface area (Å²) in [6, 6.07) is 2.82. The third-order valence-electron chi connectivity index (χ3n) is 4.23. The van der Waals surface area contributed by atoms with Crippen molar-refractivity contribution in [1.29, 1.82) is 5.26 Å². The zero-order valence-electron chi connectivity index (χ0n) is 13.3. The quantitative estimate of drug-likeness (QED) is 0.870. The van der Waals surface area contributed by atoms with E-state index in [9.17, 15) is 5.26 Å². The minimum atomic E-state index is 0.497. The zero-order chi connectivity index (χ0) is 15.2. The highest BCUT2D eigenvalue weighted by Crippen LogP contribution is 2.23. The molecule has 114 valence electrons. The van der Waals surface area contributed by atoms with Crippen LogP contribution in [-0.4, -0.2) is 35.9 Å². The molecule has 1 aliphatic rings. The van der Waals surface area contributed by atoms with E-state index < -0.39 is 0 Å². The van der Waals surface area contributed by atoms with Crippen molar-refractivity contribution in [1.82, 2.24) is 15.5 Å². The molecule has 0 bridgehead atoms. The first-order chi connectivity index (χ1) is 10.2. The zero-order valence-corrected chi connectivity index (χ0v) is 13.3. The van der Waals surface area contributed by atoms with Gasteiger partial charge in [-0.3, -0.25) is 0 Å². The van der Waals surface area contributed by atoms with Crippen molar-refractivity contribution in [3.8, 4) is 6.07 Å². The predicted molar refractivity (Wildman–Crippen MR) is 84.4 cm³/mol. The molecule has 0 aromatic carbocycles. The van der Waals surface area contributed by atoms with Crippen LogP contribution in [-0.2, 0) is 0 Å². The van der Waals surface area contributed by atoms with Gasteiger partial charge >= 0.3 is 0 Å². The SMILES string of the molecule is CCCCN(CC1CCCN1)c1nnc(C)c(C)c1C#N. The molecule has 0 radical (unpaired) electrons. The topological polar surface area (TPSA) is 64.8 Å². The lowest BCUT2D eigenvalue weighted by Gasteiger charge is -2.27. The molecule has 5 heteroatoms. The number of nitrogens with zero attached hydrogens (tertiary/aromatic N) is 4. The molecule has 1 saturated heterocycles. The maximum absolute atomic E-state index is 9.50. The molecule has 1 aromatic heterocycles. The summed E-state index contributed by atoms with van der Waals surface area (Å²) in [5.41, 5.74) is 2.46. The van der Waals surface area contributed by atoms with Crippen molar-refractivity contribution in [2.24, 2.45) is 0 Å². The average Bonchev–Trinajstić information content (AvgIpc) is 2.99. The predicted octanol–water partition coefficient (Wildman–Crippen LogP) is 2.32. The lowest BCUT2D eigenvalue weighted by atomic mass is 10.1. The summed E-state index contributed by atoms with van der Waals surface area (Å²) in [5.74, 6) is 0.753. The van der Waals surface area contributed by atoms with E-state index in [2.05, 4.69) is 33.4 Å². The molecule has 1 unspecified atom stereocenters. The van der Waals surface area contributed by atoms with Gasteiger partial charge in [0.05, 0.1) is 5.69 Å². The Morgan fingerprint density at radius 1 is 1.38 bits per heavy atom. The van der Waals surface area contributed by atoms with Crippen molar-refractivity contribution < 1.29 is 0 Å². The van der Waals surface area contributed by atoms with Crippen LogP contribution in [0.4, 0.5) is 5.82 Å². The summed E-state index contributed by atoms with van der Waals surface area (Å²) in [6.45, 7) is 8.98. The number of aryl methyl sites for hydroxylation is 1. The smallest absolute Gasteiger partial charge is 0.169 e. The Morgan fingerprint density at radius 2 is 2.19 bits per heavy atom. The molecule has 1 atom stereocenters. The van der Waals surface area contributed by atoms with Crippen LogP contribution in [0.3, 0.4) is 0 Å². The van der Waals surface area contributed by atoms with Crippen LogP contribution in [0, 0.1) is 25.2 Å². The van der Waals surface area contributed by atoms with Crippen LogP contribution in [0.1, 0.15) is 49.4 Å². The first-order valence-corrected chi connectivity index (χ1v) is 7.89. The van der Waals surface area contributed by atoms with Crippen LogP contribution in [0.2, 0.25) is 0 Å². The number of nitriles is 1. The average molecular weight is 287 g/mol. The number of hydrogen-bond donors (Lipinski definition) is 1. The summed E-state index contributed by atoms with van der Waals surface area (Å²) in [5, 5.41) is 21.6. The molecule has 2 heterocycles. The fourth-order valence-electron chi connectivity index (χ4n) is 2.76. The molecular formula is C16H25N5. The number of nitrogens with one attached hydrogen (secondary N) is 1. The fourth-order valence-corrected chi connectivity index (χ4v) is 2.76. The molecule has 1 aromatic rings. The Morgan fingerprint density at radius 3 is 2.81 bits per heavy atom. The normalized spacial score (nSPS) is 17.7. The Hall–Kier alpha value is -1.67. The molecule has 5 nitrogen and oxygen atoms in total. The van der Waals surface area contributed by atoms with Crippen molar-refractivity contribution in [3.05, 3.63) is 16.8 Å². The van der Waals surface area contributed by atoms with E-state index >= 15 is 0 Å². The lowest BCUT2D eigenvalue weighted by Crippen LogP contribution is -2.39. The van der Waals surface area contributed by atoms with Gasteiger partial charge in [-0.2, -0.15) is 10.4 Å². The van der Waals surface area contributed by atoms with Crippen molar-refractivity contribution >= 4 is 5.82 Å². The third kappa shape index (κ3) is 3.70. The van der Waals surface area contributed by atoms with Gasteiger partial charge < -0.3 is 10.2 Å². The van der Waals surface area contributed by atoms with E-state index in [0.29, 0.717) is 11.6 Å². The van der Waals surface area contributed by atoms with Crippen LogP contribution < -0.4 is 10.2 Å². The van der Waals surface area contributed by atoms with E-state index in [1.807, 2.05) is 13.8 Å². The van der Waals surface area contributed by atoms with Crippen LogP contribution in [0.5, 0.6) is 0 Å². The number of rotatable bonds is 6. The van der Waals surface area contributed by atoms with E-state index in [-0.39, 0.29) is 0 Å². The third-order valence-corrected chi connectivity index (χ3v) is 4.23. The van der Waals surface area contributed by atoms with Gasteiger partial charge in [-0.1, -0.05) is 13.3 Å². The second-order valence-electron chi connectivity index (χ2n) is 5.81. The standard InChI is InChI=1S/C16H25N5/c1-4-5-9-21(11-14-7-6-8-18-14)16-15(10-17)12(2)13(3)19-20-16/h14,18H,4-9,11H2,1-3H3. The Bertz CT molecular complexity index is 514. The monoisotopic (exact) mass is 287 g/mol. The van der Waals surface area contributed by atoms with Gasteiger partial charge in [0.2, 0.25) is 0 Å². The fraction of sp³-hybridized carbons (Fsp3) is 0.688. The molecular weight excluding hydrogens is 262 g/mol. The van der Waals surface area contributed by atoms with Gasteiger partial charge in [0.1, 0.15) is 11.6 Å². The molecule has 2 rings (SSSR count). The summed E-state index contributed by atoms with van der Waals surface area (Å²) >= 11 is 0. The van der Waals surface area contributed by atoms with E-state index in [0.717, 1.165) is 49.6 Å². The first-order valence-electron chi connectivity index (χ1n) is 7.89. The summed E-state index contributed by atoms with van der Waals surface area (Å²) in [6.07, 6.45) is 4.67. The van der Waals surface area contributed by atoms with Crippen molar-refractivity contribution in [3.63, 3.8) is 0 Å². The van der Waals surface area contributed by atoms with E-state index in [4.69, 9.17) is 0 Å². The van der Waals surface area contributed by atoms with Crippen LogP contribution in [0.15, 0.2) is 0 Å². The highest BCUT2D eigenvalue weighted by atomic mass is 15.3. The second kappa shape index (κ2) is 7.37. The van der Waals surface area contributed by atoms with Gasteiger partial charge in [-0.25, -0.2) is 0 Å². The van der Waals surface area contributed by atoms with Crippen LogP contribution in [0.25, 0.3) is 0 Å². The molecule has 0 saturated carbocycles. The van der Waals surface area contributed by atoms with E-state index in [1.54, 1.807) is 0 Å². The van der Waals surface area contributed by atoms with Gasteiger partial charge in [0.15, 0.2) is 5.82 Å². The largest absolute Gasteiger partial charge is 0.352 e. The molecule has 1 aliphatic heterocycles. The van der Waals surface area contributed by atoms with Crippen molar-refractivity contribution in [2.75, 3.05) is 24.5 Å². The van der Waals surface area contributed by atoms with Crippen LogP contribution >= 0.6 is 0 Å². The Labute approximate surface area is 127 Å². The van der Waals surface area contributed by atoms with Crippen molar-refractivity contribution in [2.45, 2.75) is 52.5 Å². The van der Waals surface area contributed by atoms with Gasteiger partial charge in [-0.15, -0.1) is 5.10 Å². The lowest BCUT2D eigenvalue weighted by molar-refractivity contribution is 0.566. The van der Waals surface area contributed by atoms with Gasteiger partial charge in [0, 0.05) is 19.1 Å². The molecule has 0 amide bonds. The Kier molecular flexibility index (Phi) is 5.51. The summed E-state index contributed by atoms with van der Waals surface area (Å²) in [7, 11) is 0. The minimum Gasteiger partial charge on any atom is -0.352 e. The molecule has 0 spiro atoms. The molecule has 1 N–H and O–H groups in total. The molecule has 21 heavy (non-hydrogen) atoms. The molecule has 1 fully saturated rings. The highest BCUT2D eigenvalue weighted by Gasteiger charge is 2.22. The summed E-state index contributed by atoms with van der Waals surface area (Å²) < 4.78 is 0. The minimum absolute atomic E-state index is 0.497. The maximum Gasteiger partial charge on any atom is 0.169 e. The Balaban J connectivity index is 2.26. The second-order valence-corrected chi connectivity index (χ2v) is 5.81. The highest BCUT2D eigenvalue weighted by molar-refractivity contribution is 5.57. The number of aromatic nitrogens is 2.